The fraction of sp³-hybridized carbons (Fsp3) is 0.300. The molecule has 0 spiro atoms. The van der Waals surface area contributed by atoms with Gasteiger partial charge in [0, 0.05) is 38.3 Å². The van der Waals surface area contributed by atoms with Crippen LogP contribution in [0.25, 0.3) is 0 Å². The van der Waals surface area contributed by atoms with Gasteiger partial charge in [0.15, 0.2) is 0 Å². The summed E-state index contributed by atoms with van der Waals surface area (Å²) in [6.07, 6.45) is 2.76. The van der Waals surface area contributed by atoms with Gasteiger partial charge >= 0.3 is 0 Å². The molecular formula is C20H20ClN3O4. The normalized spacial score (nSPS) is 13.0. The van der Waals surface area contributed by atoms with Crippen LogP contribution in [0, 0.1) is 0 Å². The summed E-state index contributed by atoms with van der Waals surface area (Å²) in [5.41, 5.74) is 0.679. The van der Waals surface area contributed by atoms with E-state index in [1.807, 2.05) is 0 Å². The quantitative estimate of drug-likeness (QED) is 0.542. The first-order valence-electron chi connectivity index (χ1n) is 9.05. The molecule has 1 N–H and O–H groups in total. The molecule has 3 rings (SSSR count). The molecule has 8 heteroatoms. The molecule has 28 heavy (non-hydrogen) atoms. The first kappa shape index (κ1) is 19.8. The van der Waals surface area contributed by atoms with E-state index >= 15 is 0 Å². The van der Waals surface area contributed by atoms with Gasteiger partial charge in [0.1, 0.15) is 0 Å². The van der Waals surface area contributed by atoms with Crippen LogP contribution in [0.4, 0.5) is 0 Å². The number of hydrogen-bond acceptors (Lipinski definition) is 4. The maximum atomic E-state index is 12.2. The predicted octanol–water partition coefficient (Wildman–Crippen LogP) is 2.08. The Kier molecular flexibility index (Phi) is 6.26. The average Bonchev–Trinajstić information content (AvgIpc) is 2.93. The molecule has 2 aromatic rings. The van der Waals surface area contributed by atoms with E-state index in [2.05, 4.69) is 5.32 Å². The maximum absolute atomic E-state index is 12.2. The first-order valence-corrected chi connectivity index (χ1v) is 9.43. The van der Waals surface area contributed by atoms with Crippen LogP contribution in [-0.4, -0.2) is 40.3 Å². The summed E-state index contributed by atoms with van der Waals surface area (Å²) in [7, 11) is 0. The number of imide groups is 1. The van der Waals surface area contributed by atoms with E-state index in [1.54, 1.807) is 30.5 Å². The number of nitrogens with zero attached hydrogens (tertiary/aromatic N) is 2. The average molecular weight is 402 g/mol. The van der Waals surface area contributed by atoms with Crippen molar-refractivity contribution in [3.8, 4) is 0 Å². The Hall–Kier alpha value is -2.93. The van der Waals surface area contributed by atoms with Gasteiger partial charge in [-0.15, -0.1) is 0 Å². The second-order valence-corrected chi connectivity index (χ2v) is 6.93. The zero-order chi connectivity index (χ0) is 20.1. The van der Waals surface area contributed by atoms with Crippen molar-refractivity contribution in [1.29, 1.82) is 0 Å². The second kappa shape index (κ2) is 8.84. The molecule has 0 saturated heterocycles. The molecule has 7 nitrogen and oxygen atoms in total. The van der Waals surface area contributed by atoms with Crippen LogP contribution in [0.3, 0.4) is 0 Å². The number of pyridine rings is 1. The van der Waals surface area contributed by atoms with Crippen LogP contribution in [0.2, 0.25) is 5.02 Å². The Morgan fingerprint density at radius 3 is 2.29 bits per heavy atom. The minimum Gasteiger partial charge on any atom is -0.356 e. The highest BCUT2D eigenvalue weighted by Gasteiger charge is 2.34. The minimum atomic E-state index is -0.312. The molecule has 1 aliphatic rings. The standard InChI is InChI=1S/C20H20ClN3O4/c21-14-8-9-18(26)23(13-14)11-4-10-22-17(25)7-3-12-24-19(27)15-5-1-2-6-16(15)20(24)28/h1-2,5-6,8-9,13H,3-4,7,10-12H2,(H,22,25). The summed E-state index contributed by atoms with van der Waals surface area (Å²) in [4.78, 5) is 49.3. The molecule has 146 valence electrons. The lowest BCUT2D eigenvalue weighted by Crippen LogP contribution is -2.32. The van der Waals surface area contributed by atoms with Gasteiger partial charge in [-0.25, -0.2) is 0 Å². The smallest absolute Gasteiger partial charge is 0.261 e. The molecule has 3 amide bonds. The van der Waals surface area contributed by atoms with Crippen LogP contribution >= 0.6 is 11.6 Å². The fourth-order valence-corrected chi connectivity index (χ4v) is 3.26. The van der Waals surface area contributed by atoms with E-state index in [1.165, 1.54) is 21.6 Å². The van der Waals surface area contributed by atoms with Crippen molar-refractivity contribution in [3.05, 3.63) is 69.1 Å². The van der Waals surface area contributed by atoms with Crippen LogP contribution in [0.15, 0.2) is 47.4 Å². The molecule has 2 heterocycles. The third kappa shape index (κ3) is 4.48. The molecule has 0 atom stereocenters. The van der Waals surface area contributed by atoms with Crippen molar-refractivity contribution in [3.63, 3.8) is 0 Å². The summed E-state index contributed by atoms with van der Waals surface area (Å²) in [6.45, 7) is 1.08. The van der Waals surface area contributed by atoms with Crippen molar-refractivity contribution < 1.29 is 14.4 Å². The summed E-state index contributed by atoms with van der Waals surface area (Å²) in [5.74, 6) is -0.781. The number of amides is 3. The predicted molar refractivity (Wildman–Crippen MR) is 104 cm³/mol. The number of nitrogens with one attached hydrogen (secondary N) is 1. The molecule has 0 radical (unpaired) electrons. The lowest BCUT2D eigenvalue weighted by Gasteiger charge is -2.13. The molecule has 1 aliphatic heterocycles. The Morgan fingerprint density at radius 2 is 1.61 bits per heavy atom. The van der Waals surface area contributed by atoms with Crippen LogP contribution < -0.4 is 10.9 Å². The van der Waals surface area contributed by atoms with E-state index in [0.717, 1.165) is 0 Å². The van der Waals surface area contributed by atoms with Gasteiger partial charge in [0.2, 0.25) is 5.91 Å². The molecule has 0 fully saturated rings. The van der Waals surface area contributed by atoms with Gasteiger partial charge in [0.05, 0.1) is 16.1 Å². The lowest BCUT2D eigenvalue weighted by atomic mass is 10.1. The Bertz CT molecular complexity index is 935. The second-order valence-electron chi connectivity index (χ2n) is 6.49. The summed E-state index contributed by atoms with van der Waals surface area (Å²) < 4.78 is 1.50. The maximum Gasteiger partial charge on any atom is 0.261 e. The Balaban J connectivity index is 1.37. The number of carbonyl (C=O) groups is 3. The van der Waals surface area contributed by atoms with Crippen molar-refractivity contribution in [2.75, 3.05) is 13.1 Å². The SMILES string of the molecule is O=C(CCCN1C(=O)c2ccccc2C1=O)NCCCn1cc(Cl)ccc1=O. The summed E-state index contributed by atoms with van der Waals surface area (Å²) in [6, 6.07) is 9.65. The zero-order valence-corrected chi connectivity index (χ0v) is 15.9. The number of halogens is 1. The molecular weight excluding hydrogens is 382 g/mol. The highest BCUT2D eigenvalue weighted by molar-refractivity contribution is 6.30. The zero-order valence-electron chi connectivity index (χ0n) is 15.2. The third-order valence-electron chi connectivity index (χ3n) is 4.51. The molecule has 0 saturated carbocycles. The van der Waals surface area contributed by atoms with Crippen molar-refractivity contribution in [2.45, 2.75) is 25.8 Å². The van der Waals surface area contributed by atoms with Gasteiger partial charge in [-0.1, -0.05) is 23.7 Å². The van der Waals surface area contributed by atoms with Crippen LogP contribution in [0.1, 0.15) is 40.0 Å². The van der Waals surface area contributed by atoms with Gasteiger partial charge < -0.3 is 9.88 Å². The largest absolute Gasteiger partial charge is 0.356 e. The Morgan fingerprint density at radius 1 is 0.929 bits per heavy atom. The van der Waals surface area contributed by atoms with Gasteiger partial charge in [0.25, 0.3) is 17.4 Å². The third-order valence-corrected chi connectivity index (χ3v) is 4.73. The first-order chi connectivity index (χ1) is 13.5. The number of carbonyl (C=O) groups excluding carboxylic acids is 3. The number of aromatic nitrogens is 1. The summed E-state index contributed by atoms with van der Waals surface area (Å²) in [5, 5.41) is 3.26. The lowest BCUT2D eigenvalue weighted by molar-refractivity contribution is -0.121. The van der Waals surface area contributed by atoms with Crippen LogP contribution in [0.5, 0.6) is 0 Å². The highest BCUT2D eigenvalue weighted by Crippen LogP contribution is 2.22. The monoisotopic (exact) mass is 401 g/mol. The number of benzene rings is 1. The van der Waals surface area contributed by atoms with Gasteiger partial charge in [-0.05, 0) is 31.0 Å². The topological polar surface area (TPSA) is 88.5 Å². The molecule has 1 aromatic carbocycles. The molecule has 1 aromatic heterocycles. The van der Waals surface area contributed by atoms with Crippen molar-refractivity contribution in [2.24, 2.45) is 0 Å². The summed E-state index contributed by atoms with van der Waals surface area (Å²) >= 11 is 5.86. The highest BCUT2D eigenvalue weighted by atomic mass is 35.5. The number of hydrogen-bond donors (Lipinski definition) is 1. The number of aryl methyl sites for hydroxylation is 1. The van der Waals surface area contributed by atoms with E-state index in [0.29, 0.717) is 42.1 Å². The minimum absolute atomic E-state index is 0.142. The van der Waals surface area contributed by atoms with Gasteiger partial charge in [-0.2, -0.15) is 0 Å². The van der Waals surface area contributed by atoms with Crippen LogP contribution in [-0.2, 0) is 11.3 Å². The van der Waals surface area contributed by atoms with E-state index in [-0.39, 0.29) is 36.2 Å². The van der Waals surface area contributed by atoms with E-state index in [4.69, 9.17) is 11.6 Å². The van der Waals surface area contributed by atoms with E-state index < -0.39 is 0 Å². The molecule has 0 aliphatic carbocycles. The van der Waals surface area contributed by atoms with Crippen molar-refractivity contribution >= 4 is 29.3 Å². The fourth-order valence-electron chi connectivity index (χ4n) is 3.08. The number of fused-ring (bicyclic) bond motifs is 1. The van der Waals surface area contributed by atoms with Crippen molar-refractivity contribution in [1.82, 2.24) is 14.8 Å². The Labute approximate surface area is 166 Å². The van der Waals surface area contributed by atoms with E-state index in [9.17, 15) is 19.2 Å². The molecule has 0 unspecified atom stereocenters. The number of rotatable bonds is 8. The van der Waals surface area contributed by atoms with Gasteiger partial charge in [-0.3, -0.25) is 24.1 Å². The molecule has 0 bridgehead atoms.